The molecule has 0 bridgehead atoms. The van der Waals surface area contributed by atoms with Crippen molar-refractivity contribution in [2.45, 2.75) is 19.3 Å². The maximum Gasteiger partial charge on any atom is 0.0159 e. The third-order valence-corrected chi connectivity index (χ3v) is 11.3. The molecule has 9 aromatic rings. The Morgan fingerprint density at radius 2 is 0.745 bits per heavy atom. The fourth-order valence-corrected chi connectivity index (χ4v) is 8.85. The van der Waals surface area contributed by atoms with Crippen LogP contribution in [0.25, 0.3) is 88.0 Å². The van der Waals surface area contributed by atoms with Crippen molar-refractivity contribution in [1.29, 1.82) is 0 Å². The van der Waals surface area contributed by atoms with Crippen molar-refractivity contribution in [3.63, 3.8) is 0 Å². The van der Waals surface area contributed by atoms with Crippen LogP contribution in [0.5, 0.6) is 0 Å². The van der Waals surface area contributed by atoms with Crippen molar-refractivity contribution in [2.24, 2.45) is 0 Å². The van der Waals surface area contributed by atoms with Gasteiger partial charge >= 0.3 is 0 Å². The fraction of sp³-hybridized carbons (Fsp3) is 0.0588. The fourth-order valence-electron chi connectivity index (χ4n) is 8.85. The van der Waals surface area contributed by atoms with Gasteiger partial charge in [0.1, 0.15) is 0 Å². The molecule has 0 saturated heterocycles. The minimum absolute atomic E-state index is 0.0285. The van der Waals surface area contributed by atoms with E-state index >= 15 is 0 Å². The Labute approximate surface area is 299 Å². The highest BCUT2D eigenvalue weighted by Gasteiger charge is 2.35. The number of hydrogen-bond donors (Lipinski definition) is 0. The lowest BCUT2D eigenvalue weighted by molar-refractivity contribution is 0.660. The summed E-state index contributed by atoms with van der Waals surface area (Å²) in [6, 6.07) is 67.3. The van der Waals surface area contributed by atoms with Gasteiger partial charge in [-0.1, -0.05) is 184 Å². The predicted octanol–water partition coefficient (Wildman–Crippen LogP) is 14.1. The SMILES string of the molecule is CC1(C)c2ccccc2-c2ccc(-c3cccc(-c4ccc(-c5c6ccccc6c(-c6ccccc6)c6ccccc56)c5ccccc45)c3)cc21. The van der Waals surface area contributed by atoms with Gasteiger partial charge in [-0.05, 0) is 111 Å². The molecule has 0 fully saturated rings. The minimum atomic E-state index is -0.0285. The van der Waals surface area contributed by atoms with Crippen LogP contribution in [-0.2, 0) is 5.41 Å². The average molecular weight is 649 g/mol. The highest BCUT2D eigenvalue weighted by Crippen LogP contribution is 2.50. The van der Waals surface area contributed by atoms with Gasteiger partial charge in [0.25, 0.3) is 0 Å². The zero-order chi connectivity index (χ0) is 34.1. The summed E-state index contributed by atoms with van der Waals surface area (Å²) in [6.45, 7) is 4.71. The van der Waals surface area contributed by atoms with Crippen LogP contribution in [0.15, 0.2) is 182 Å². The van der Waals surface area contributed by atoms with Crippen LogP contribution in [0, 0.1) is 0 Å². The lowest BCUT2D eigenvalue weighted by Gasteiger charge is -2.22. The maximum atomic E-state index is 2.42. The average Bonchev–Trinajstić information content (AvgIpc) is 3.42. The molecule has 0 radical (unpaired) electrons. The lowest BCUT2D eigenvalue weighted by Crippen LogP contribution is -2.14. The summed E-state index contributed by atoms with van der Waals surface area (Å²) in [7, 11) is 0. The van der Waals surface area contributed by atoms with E-state index in [0.717, 1.165) is 0 Å². The molecule has 240 valence electrons. The van der Waals surface area contributed by atoms with E-state index < -0.39 is 0 Å². The Morgan fingerprint density at radius 1 is 0.275 bits per heavy atom. The molecule has 0 spiro atoms. The van der Waals surface area contributed by atoms with E-state index in [1.165, 1.54) is 99.1 Å². The molecule has 0 heteroatoms. The van der Waals surface area contributed by atoms with Gasteiger partial charge in [-0.2, -0.15) is 0 Å². The largest absolute Gasteiger partial charge is 0.0622 e. The predicted molar refractivity (Wildman–Crippen MR) is 218 cm³/mol. The lowest BCUT2D eigenvalue weighted by atomic mass is 9.81. The first kappa shape index (κ1) is 29.7. The van der Waals surface area contributed by atoms with Crippen LogP contribution in [0.4, 0.5) is 0 Å². The van der Waals surface area contributed by atoms with Crippen molar-refractivity contribution >= 4 is 32.3 Å². The Kier molecular flexibility index (Phi) is 6.63. The van der Waals surface area contributed by atoms with E-state index in [4.69, 9.17) is 0 Å². The van der Waals surface area contributed by atoms with Crippen LogP contribution >= 0.6 is 0 Å². The van der Waals surface area contributed by atoms with Crippen molar-refractivity contribution in [1.82, 2.24) is 0 Å². The number of hydrogen-bond acceptors (Lipinski definition) is 0. The van der Waals surface area contributed by atoms with Crippen LogP contribution in [-0.4, -0.2) is 0 Å². The van der Waals surface area contributed by atoms with Gasteiger partial charge in [0.2, 0.25) is 0 Å². The van der Waals surface area contributed by atoms with Gasteiger partial charge in [-0.15, -0.1) is 0 Å². The smallest absolute Gasteiger partial charge is 0.0159 e. The van der Waals surface area contributed by atoms with Crippen molar-refractivity contribution in [3.05, 3.63) is 193 Å². The summed E-state index contributed by atoms with van der Waals surface area (Å²) in [4.78, 5) is 0. The van der Waals surface area contributed by atoms with Crippen LogP contribution in [0.2, 0.25) is 0 Å². The molecule has 1 aliphatic carbocycles. The van der Waals surface area contributed by atoms with Crippen LogP contribution < -0.4 is 0 Å². The molecule has 0 N–H and O–H groups in total. The molecular weight excluding hydrogens is 613 g/mol. The molecule has 1 aliphatic rings. The van der Waals surface area contributed by atoms with Gasteiger partial charge in [0.05, 0.1) is 0 Å². The summed E-state index contributed by atoms with van der Waals surface area (Å²) in [5.74, 6) is 0. The molecule has 0 aliphatic heterocycles. The van der Waals surface area contributed by atoms with E-state index in [2.05, 4.69) is 196 Å². The van der Waals surface area contributed by atoms with Gasteiger partial charge in [0.15, 0.2) is 0 Å². The number of fused-ring (bicyclic) bond motifs is 6. The summed E-state index contributed by atoms with van der Waals surface area (Å²) in [5, 5.41) is 7.63. The second-order valence-corrected chi connectivity index (χ2v) is 14.4. The molecular formula is C51H36. The molecule has 0 aromatic heterocycles. The monoisotopic (exact) mass is 648 g/mol. The first-order chi connectivity index (χ1) is 25.1. The summed E-state index contributed by atoms with van der Waals surface area (Å²) in [6.07, 6.45) is 0. The second-order valence-electron chi connectivity index (χ2n) is 14.4. The van der Waals surface area contributed by atoms with E-state index in [1.54, 1.807) is 0 Å². The van der Waals surface area contributed by atoms with Gasteiger partial charge in [0, 0.05) is 5.41 Å². The topological polar surface area (TPSA) is 0 Å². The quantitative estimate of drug-likeness (QED) is 0.167. The summed E-state index contributed by atoms with van der Waals surface area (Å²) >= 11 is 0. The highest BCUT2D eigenvalue weighted by atomic mass is 14.4. The van der Waals surface area contributed by atoms with E-state index in [-0.39, 0.29) is 5.41 Å². The van der Waals surface area contributed by atoms with E-state index in [9.17, 15) is 0 Å². The molecule has 0 saturated carbocycles. The Morgan fingerprint density at radius 3 is 1.45 bits per heavy atom. The van der Waals surface area contributed by atoms with Gasteiger partial charge in [-0.25, -0.2) is 0 Å². The number of rotatable bonds is 4. The van der Waals surface area contributed by atoms with Crippen LogP contribution in [0.1, 0.15) is 25.0 Å². The zero-order valence-corrected chi connectivity index (χ0v) is 28.8. The molecule has 10 rings (SSSR count). The summed E-state index contributed by atoms with van der Waals surface area (Å²) < 4.78 is 0. The Balaban J connectivity index is 1.15. The molecule has 0 nitrogen and oxygen atoms in total. The molecule has 0 heterocycles. The molecule has 0 unspecified atom stereocenters. The third-order valence-electron chi connectivity index (χ3n) is 11.3. The Bertz CT molecular complexity index is 2760. The van der Waals surface area contributed by atoms with E-state index in [1.807, 2.05) is 0 Å². The van der Waals surface area contributed by atoms with Crippen molar-refractivity contribution in [3.8, 4) is 55.6 Å². The standard InChI is InChI=1S/C51H36/c1-51(2)47-26-13-12-21-40(47)41-28-27-35(32-48(41)51)34-17-14-18-36(31-34)37-29-30-46(39-20-7-6-19-38(37)39)50-44-24-10-8-22-42(44)49(33-15-4-3-5-16-33)43-23-9-11-25-45(43)50/h3-32H,1-2H3. The first-order valence-corrected chi connectivity index (χ1v) is 17.9. The van der Waals surface area contributed by atoms with Crippen molar-refractivity contribution in [2.75, 3.05) is 0 Å². The highest BCUT2D eigenvalue weighted by molar-refractivity contribution is 6.24. The summed E-state index contributed by atoms with van der Waals surface area (Å²) in [5.41, 5.74) is 15.6. The van der Waals surface area contributed by atoms with E-state index in [0.29, 0.717) is 0 Å². The van der Waals surface area contributed by atoms with Crippen LogP contribution in [0.3, 0.4) is 0 Å². The molecule has 51 heavy (non-hydrogen) atoms. The molecule has 9 aromatic carbocycles. The maximum absolute atomic E-state index is 2.42. The second kappa shape index (κ2) is 11.4. The minimum Gasteiger partial charge on any atom is -0.0622 e. The Hall–Kier alpha value is -6.24. The number of benzene rings is 9. The van der Waals surface area contributed by atoms with Crippen molar-refractivity contribution < 1.29 is 0 Å². The molecule has 0 amide bonds. The van der Waals surface area contributed by atoms with Gasteiger partial charge < -0.3 is 0 Å². The zero-order valence-electron chi connectivity index (χ0n) is 28.8. The van der Waals surface area contributed by atoms with Gasteiger partial charge in [-0.3, -0.25) is 0 Å². The normalized spacial score (nSPS) is 13.1. The third kappa shape index (κ3) is 4.53. The molecule has 0 atom stereocenters. The first-order valence-electron chi connectivity index (χ1n) is 17.9.